The predicted molar refractivity (Wildman–Crippen MR) is 274 cm³/mol. The highest BCUT2D eigenvalue weighted by Gasteiger charge is 2.60. The molecule has 0 aromatic heterocycles. The highest BCUT2D eigenvalue weighted by atomic mass is 28.4. The molecule has 4 fully saturated rings. The molecular formula is C55H109NO5Si2. The maximum Gasteiger partial charge on any atom is 0.323 e. The Bertz CT molecular complexity index is 1210. The number of hydrogen-bond acceptors (Lipinski definition) is 6. The number of hydrogen-bond donors (Lipinski definition) is 1. The molecule has 10 atom stereocenters. The summed E-state index contributed by atoms with van der Waals surface area (Å²) in [6.07, 6.45) is 38.2. The topological polar surface area (TPSA) is 60.4 Å². The van der Waals surface area contributed by atoms with Crippen molar-refractivity contribution in [2.24, 2.45) is 46.3 Å². The van der Waals surface area contributed by atoms with Gasteiger partial charge in [-0.15, -0.1) is 0 Å². The lowest BCUT2D eigenvalue weighted by atomic mass is 9.44. The van der Waals surface area contributed by atoms with Crippen LogP contribution in [0.15, 0.2) is 0 Å². The maximum atomic E-state index is 9.62. The Labute approximate surface area is 395 Å². The van der Waals surface area contributed by atoms with Crippen LogP contribution in [0.3, 0.4) is 0 Å². The molecule has 0 saturated heterocycles. The van der Waals surface area contributed by atoms with Gasteiger partial charge < -0.3 is 28.0 Å². The van der Waals surface area contributed by atoms with E-state index in [1.165, 1.54) is 173 Å². The number of fused-ring (bicyclic) bond motifs is 5. The largest absolute Gasteiger partial charge is 0.436 e. The third-order valence-corrected chi connectivity index (χ3v) is 24.6. The average Bonchev–Trinajstić information content (AvgIpc) is 3.60. The van der Waals surface area contributed by atoms with Crippen molar-refractivity contribution in [3.63, 3.8) is 0 Å². The normalized spacial score (nSPS) is 29.7. The molecule has 0 aromatic rings. The van der Waals surface area contributed by atoms with Crippen molar-refractivity contribution in [3.8, 4) is 0 Å². The van der Waals surface area contributed by atoms with Gasteiger partial charge in [0, 0.05) is 20.3 Å². The molecule has 0 heterocycles. The monoisotopic (exact) mass is 920 g/mol. The van der Waals surface area contributed by atoms with Gasteiger partial charge in [-0.05, 0) is 207 Å². The minimum absolute atomic E-state index is 0.149. The minimum Gasteiger partial charge on any atom is -0.436 e. The molecule has 0 aliphatic heterocycles. The van der Waals surface area contributed by atoms with Gasteiger partial charge in [0.25, 0.3) is 0 Å². The summed E-state index contributed by atoms with van der Waals surface area (Å²) in [5, 5.41) is 9.62. The molecule has 6 unspecified atom stereocenters. The fourth-order valence-electron chi connectivity index (χ4n) is 14.5. The second kappa shape index (κ2) is 28.6. The van der Waals surface area contributed by atoms with Gasteiger partial charge in [-0.1, -0.05) is 112 Å². The van der Waals surface area contributed by atoms with Gasteiger partial charge in [-0.3, -0.25) is 0 Å². The Hall–Kier alpha value is 0.194. The molecule has 4 aliphatic rings. The van der Waals surface area contributed by atoms with Gasteiger partial charge in [0.15, 0.2) is 8.32 Å². The lowest BCUT2D eigenvalue weighted by Crippen LogP contribution is -2.54. The van der Waals surface area contributed by atoms with Crippen molar-refractivity contribution in [2.75, 3.05) is 40.0 Å². The van der Waals surface area contributed by atoms with E-state index in [-0.39, 0.29) is 6.29 Å². The van der Waals surface area contributed by atoms with Gasteiger partial charge in [0.05, 0.1) is 6.10 Å². The van der Waals surface area contributed by atoms with Crippen LogP contribution in [-0.4, -0.2) is 79.2 Å². The van der Waals surface area contributed by atoms with Crippen LogP contribution in [0.5, 0.6) is 0 Å². The summed E-state index contributed by atoms with van der Waals surface area (Å²) in [7, 11) is -2.20. The lowest BCUT2D eigenvalue weighted by molar-refractivity contribution is -0.133. The van der Waals surface area contributed by atoms with E-state index in [1.807, 2.05) is 7.11 Å². The van der Waals surface area contributed by atoms with Crippen LogP contribution >= 0.6 is 0 Å². The van der Waals surface area contributed by atoms with Crippen LogP contribution < -0.4 is 0 Å². The number of rotatable bonds is 35. The van der Waals surface area contributed by atoms with E-state index in [1.54, 1.807) is 0 Å². The molecule has 4 rings (SSSR count). The van der Waals surface area contributed by atoms with Crippen LogP contribution in [-0.2, 0) is 18.0 Å². The molecule has 1 N–H and O–H groups in total. The van der Waals surface area contributed by atoms with E-state index in [2.05, 4.69) is 65.7 Å². The second-order valence-corrected chi connectivity index (χ2v) is 31.6. The summed E-state index contributed by atoms with van der Waals surface area (Å²) < 4.78 is 26.3. The SMILES string of the molecule is CCCCCCCCOC(CCCCCN(CCCCO)CCC[C@@H](C)C1CCC2C3CCC4C[C@H](OC)CC[C@]4(C)C3CC[C@@]21C)O[Si](C)(C)O[Si](C)(C)CCCCCCCC. The quantitative estimate of drug-likeness (QED) is 0.0388. The van der Waals surface area contributed by atoms with Crippen molar-refractivity contribution in [2.45, 2.75) is 265 Å². The number of ether oxygens (including phenoxy) is 2. The first kappa shape index (κ1) is 55.8. The molecule has 63 heavy (non-hydrogen) atoms. The number of unbranched alkanes of at least 4 members (excludes halogenated alkanes) is 13. The van der Waals surface area contributed by atoms with Gasteiger partial charge >= 0.3 is 8.56 Å². The Morgan fingerprint density at radius 2 is 1.27 bits per heavy atom. The first-order valence-corrected chi connectivity index (χ1v) is 34.0. The smallest absolute Gasteiger partial charge is 0.323 e. The average molecular weight is 921 g/mol. The fourth-order valence-corrected chi connectivity index (χ4v) is 22.4. The molecule has 0 bridgehead atoms. The second-order valence-electron chi connectivity index (χ2n) is 23.7. The minimum atomic E-state index is -2.34. The van der Waals surface area contributed by atoms with E-state index in [4.69, 9.17) is 18.0 Å². The van der Waals surface area contributed by atoms with Gasteiger partial charge in [0.1, 0.15) is 6.29 Å². The Morgan fingerprint density at radius 1 is 0.651 bits per heavy atom. The maximum absolute atomic E-state index is 9.62. The van der Waals surface area contributed by atoms with Crippen molar-refractivity contribution < 1.29 is 23.1 Å². The van der Waals surface area contributed by atoms with Gasteiger partial charge in [0.2, 0.25) is 0 Å². The van der Waals surface area contributed by atoms with Gasteiger partial charge in [-0.25, -0.2) is 0 Å². The van der Waals surface area contributed by atoms with Crippen LogP contribution in [0.25, 0.3) is 0 Å². The zero-order valence-electron chi connectivity index (χ0n) is 43.9. The lowest BCUT2D eigenvalue weighted by Gasteiger charge is -2.61. The molecule has 0 amide bonds. The molecule has 8 heteroatoms. The molecule has 372 valence electrons. The van der Waals surface area contributed by atoms with Crippen LogP contribution in [0, 0.1) is 46.3 Å². The molecule has 4 saturated carbocycles. The molecular weight excluding hydrogens is 811 g/mol. The highest BCUT2D eigenvalue weighted by Crippen LogP contribution is 2.68. The highest BCUT2D eigenvalue weighted by molar-refractivity contribution is 6.82. The van der Waals surface area contributed by atoms with Crippen molar-refractivity contribution in [3.05, 3.63) is 0 Å². The van der Waals surface area contributed by atoms with Crippen LogP contribution in [0.2, 0.25) is 32.2 Å². The fraction of sp³-hybridized carbons (Fsp3) is 1.00. The summed E-state index contributed by atoms with van der Waals surface area (Å²) in [6.45, 7) is 26.6. The number of methoxy groups -OCH3 is 1. The first-order chi connectivity index (χ1) is 30.2. The Balaban J connectivity index is 1.22. The predicted octanol–water partition coefficient (Wildman–Crippen LogP) is 15.7. The molecule has 0 aromatic carbocycles. The molecule has 0 spiro atoms. The summed E-state index contributed by atoms with van der Waals surface area (Å²) in [5.74, 6) is 5.46. The van der Waals surface area contributed by atoms with E-state index in [9.17, 15) is 5.11 Å². The standard InChI is InChI=1S/C55H109NO5Si2/c1-11-13-15-17-19-26-43-59-53(60-63(9,10)61-62(7,8)44-27-20-18-16-14-12-2)30-22-21-23-39-56(40-24-25-42-57)41-28-29-46(3)50-33-34-51-49-32-31-47-45-48(58-6)35-37-54(47,4)52(49)36-38-55(50,51)5/h46-53,57H,11-45H2,1-10H3/t46-,47?,48-,49?,50?,51?,52?,53?,54+,55-/m1/s1. The number of aliphatic hydroxyl groups is 1. The van der Waals surface area contributed by atoms with Crippen molar-refractivity contribution in [1.29, 1.82) is 0 Å². The first-order valence-electron chi connectivity index (χ1n) is 28.1. The van der Waals surface area contributed by atoms with Gasteiger partial charge in [-0.2, -0.15) is 0 Å². The third kappa shape index (κ3) is 17.9. The Morgan fingerprint density at radius 3 is 1.97 bits per heavy atom. The van der Waals surface area contributed by atoms with Crippen molar-refractivity contribution >= 4 is 16.9 Å². The van der Waals surface area contributed by atoms with E-state index >= 15 is 0 Å². The van der Waals surface area contributed by atoms with E-state index < -0.39 is 16.9 Å². The van der Waals surface area contributed by atoms with Crippen molar-refractivity contribution in [1.82, 2.24) is 4.90 Å². The zero-order valence-corrected chi connectivity index (χ0v) is 45.9. The Kier molecular flexibility index (Phi) is 25.4. The molecule has 0 radical (unpaired) electrons. The van der Waals surface area contributed by atoms with Crippen LogP contribution in [0.4, 0.5) is 0 Å². The third-order valence-electron chi connectivity index (χ3n) is 18.0. The summed E-state index contributed by atoms with van der Waals surface area (Å²) in [6, 6.07) is 1.23. The van der Waals surface area contributed by atoms with E-state index in [0.717, 1.165) is 80.8 Å². The van der Waals surface area contributed by atoms with Crippen LogP contribution in [0.1, 0.15) is 221 Å². The summed E-state index contributed by atoms with van der Waals surface area (Å²) in [4.78, 5) is 2.74. The number of aliphatic hydroxyl groups excluding tert-OH is 1. The summed E-state index contributed by atoms with van der Waals surface area (Å²) >= 11 is 0. The summed E-state index contributed by atoms with van der Waals surface area (Å²) in [5.41, 5.74) is 1.10. The number of nitrogens with zero attached hydrogens (tertiary/aromatic N) is 1. The zero-order chi connectivity index (χ0) is 45.8. The molecule has 6 nitrogen and oxygen atoms in total. The molecule has 4 aliphatic carbocycles. The van der Waals surface area contributed by atoms with E-state index in [0.29, 0.717) is 23.5 Å².